The Morgan fingerprint density at radius 3 is 1.75 bits per heavy atom. The Labute approximate surface area is 622 Å². The fraction of sp³-hybridized carbons (Fsp3) is 0.406. The molecular formula is C69H89N19O15S3. The van der Waals surface area contributed by atoms with Crippen LogP contribution in [0.1, 0.15) is 61.1 Å². The highest BCUT2D eigenvalue weighted by Gasteiger charge is 2.39. The minimum atomic E-state index is -1.77. The van der Waals surface area contributed by atoms with Crippen LogP contribution in [0.15, 0.2) is 122 Å². The number of carbonyl (C=O) groups excluding carboxylic acids is 13. The lowest BCUT2D eigenvalue weighted by atomic mass is 10.0. The first-order chi connectivity index (χ1) is 50.6. The number of phenolic OH excluding ortho intramolecular Hbond substituents is 2. The number of rotatable bonds is 21. The number of guanidine groups is 1. The van der Waals surface area contributed by atoms with Crippen molar-refractivity contribution in [1.29, 1.82) is 5.41 Å². The number of benzene rings is 4. The van der Waals surface area contributed by atoms with Crippen molar-refractivity contribution in [1.82, 2.24) is 73.4 Å². The number of carbonyl (C=O) groups is 13. The van der Waals surface area contributed by atoms with Crippen LogP contribution in [-0.4, -0.2) is 216 Å². The zero-order valence-electron chi connectivity index (χ0n) is 58.0. The second kappa shape index (κ2) is 41.0. The molecule has 0 saturated carbocycles. The number of amides is 13. The van der Waals surface area contributed by atoms with E-state index in [0.717, 1.165) is 38.2 Å². The first kappa shape index (κ1) is 82.4. The molecule has 5 aromatic rings. The molecule has 1 aromatic heterocycles. The number of nitrogens with zero attached hydrogens (tertiary/aromatic N) is 2. The Hall–Kier alpha value is -10.9. The van der Waals surface area contributed by atoms with E-state index in [1.807, 2.05) is 0 Å². The first-order valence-electron chi connectivity index (χ1n) is 33.8. The van der Waals surface area contributed by atoms with Gasteiger partial charge in [-0.2, -0.15) is 0 Å². The summed E-state index contributed by atoms with van der Waals surface area (Å²) in [6, 6.07) is 10.6. The lowest BCUT2D eigenvalue weighted by Crippen LogP contribution is -2.62. The van der Waals surface area contributed by atoms with E-state index in [1.165, 1.54) is 62.8 Å². The number of aromatic amines is 1. The lowest BCUT2D eigenvalue weighted by Gasteiger charge is -2.35. The number of fused-ring (bicyclic) bond motifs is 31. The van der Waals surface area contributed by atoms with Gasteiger partial charge in [-0.15, -0.1) is 11.8 Å². The molecule has 3 fully saturated rings. The molecule has 106 heavy (non-hydrogen) atoms. The zero-order valence-corrected chi connectivity index (χ0v) is 60.5. The molecule has 0 aliphatic carbocycles. The van der Waals surface area contributed by atoms with E-state index in [4.69, 9.17) is 28.3 Å². The summed E-state index contributed by atoms with van der Waals surface area (Å²) in [4.78, 5) is 195. The van der Waals surface area contributed by atoms with Crippen molar-refractivity contribution in [3.05, 3.63) is 150 Å². The van der Waals surface area contributed by atoms with Gasteiger partial charge in [0.15, 0.2) is 5.96 Å². The van der Waals surface area contributed by atoms with E-state index in [-0.39, 0.29) is 104 Å². The second-order valence-electron chi connectivity index (χ2n) is 25.3. The number of primary amides is 2. The van der Waals surface area contributed by atoms with Crippen molar-refractivity contribution in [3.8, 4) is 11.5 Å². The third kappa shape index (κ3) is 26.7. The number of hydrogen-bond acceptors (Lipinski definition) is 21. The molecular weight excluding hydrogens is 1430 g/mol. The van der Waals surface area contributed by atoms with Crippen LogP contribution < -0.4 is 81.4 Å². The average molecular weight is 1520 g/mol. The van der Waals surface area contributed by atoms with Gasteiger partial charge in [0.2, 0.25) is 76.8 Å². The minimum absolute atomic E-state index is 0.0532. The Balaban J connectivity index is 1.30. The van der Waals surface area contributed by atoms with E-state index in [9.17, 15) is 63.0 Å². The maximum atomic E-state index is 15.1. The van der Waals surface area contributed by atoms with E-state index in [2.05, 4.69) is 68.5 Å². The van der Waals surface area contributed by atoms with E-state index >= 15 is 9.59 Å². The van der Waals surface area contributed by atoms with Crippen molar-refractivity contribution in [2.45, 2.75) is 138 Å². The molecule has 3 aliphatic heterocycles. The van der Waals surface area contributed by atoms with Crippen molar-refractivity contribution < 1.29 is 72.5 Å². The van der Waals surface area contributed by atoms with Gasteiger partial charge in [0, 0.05) is 68.3 Å². The Bertz CT molecular complexity index is 3890. The molecule has 8 rings (SSSR count). The molecule has 4 aromatic carbocycles. The van der Waals surface area contributed by atoms with Gasteiger partial charge in [-0.3, -0.25) is 67.7 Å². The molecule has 3 aliphatic rings. The standard InChI is InChI=1S/C69H89N19O15S3/c1-37-59(94)81-49(26-39-10-5-3-6-11-39)63(98)87-55(67(102)80-48(58(72)93)25-42-17-21-46(90)22-18-42)34-106-105-33-54(85-61(96)47(70)24-41-15-19-45(89)20-16-41)68(103)84-51(28-44-30-75-36-77-44)65(100)83-50(27-40-12-7-4-8-13-40)64(99)86-53-32-104-35-57(92)88(31-43(79-66(53)101)14-9-23-76-69(73)74)38(2)60(95)82-52(29-56(71)91)62(97)78-37/h3-8,10-13,15-22,30,36-38,43,47-55,89-90H,9,14,23-29,31-35,70H2,1-2H3,(H2,71,91)(H2,72,93)(H,75,77)(H,78,97)(H,79,101)(H,80,102)(H,81,94)(H,82,95)(H,83,100)(H,84,103)(H,85,96)(H,86,99)(H,87,98)(H4,73,74,76)/t37-,38-,43-,47-,48-,49?,50+,51-,52-,53+,54?,55-/m0/s1. The minimum Gasteiger partial charge on any atom is -0.508 e. The monoisotopic (exact) mass is 1520 g/mol. The third-order valence-electron chi connectivity index (χ3n) is 16.9. The highest BCUT2D eigenvalue weighted by molar-refractivity contribution is 8.76. The number of phenols is 2. The van der Waals surface area contributed by atoms with Crippen LogP contribution in [-0.2, 0) is 94.4 Å². The van der Waals surface area contributed by atoms with Gasteiger partial charge in [-0.25, -0.2) is 4.98 Å². The number of nitrogens with two attached hydrogens (primary N) is 4. The summed E-state index contributed by atoms with van der Waals surface area (Å²) >= 11 is 0.915. The molecule has 37 heteroatoms. The molecule has 2 unspecified atom stereocenters. The first-order valence-corrected chi connectivity index (χ1v) is 37.4. The molecule has 13 amide bonds. The van der Waals surface area contributed by atoms with Crippen molar-refractivity contribution in [2.75, 3.05) is 36.1 Å². The van der Waals surface area contributed by atoms with Crippen LogP contribution >= 0.6 is 33.3 Å². The fourth-order valence-corrected chi connectivity index (χ4v) is 14.3. The molecule has 34 nitrogen and oxygen atoms in total. The number of H-pyrrole nitrogens is 1. The van der Waals surface area contributed by atoms with Gasteiger partial charge in [0.25, 0.3) is 0 Å². The topological polar surface area (TPSA) is 555 Å². The van der Waals surface area contributed by atoms with Gasteiger partial charge in [-0.05, 0) is 79.6 Å². The number of nitrogens with one attached hydrogen (secondary N) is 13. The molecule has 0 spiro atoms. The Morgan fingerprint density at radius 1 is 0.613 bits per heavy atom. The van der Waals surface area contributed by atoms with Gasteiger partial charge in [-0.1, -0.05) is 107 Å². The number of hydrogen-bond donors (Lipinski definition) is 19. The van der Waals surface area contributed by atoms with E-state index in [0.29, 0.717) is 22.3 Å². The van der Waals surface area contributed by atoms with Crippen molar-refractivity contribution in [2.24, 2.45) is 22.9 Å². The third-order valence-corrected chi connectivity index (χ3v) is 20.4. The summed E-state index contributed by atoms with van der Waals surface area (Å²) in [6.07, 6.45) is 1.27. The zero-order chi connectivity index (χ0) is 77.0. The maximum Gasteiger partial charge on any atom is 0.244 e. The van der Waals surface area contributed by atoms with Gasteiger partial charge in [0.05, 0.1) is 30.2 Å². The largest absolute Gasteiger partial charge is 0.508 e. The van der Waals surface area contributed by atoms with Gasteiger partial charge < -0.3 is 102 Å². The quantitative estimate of drug-likeness (QED) is 0.0111. The van der Waals surface area contributed by atoms with Crippen molar-refractivity contribution >= 4 is 116 Å². The van der Waals surface area contributed by atoms with Crippen LogP contribution in [0.4, 0.5) is 0 Å². The van der Waals surface area contributed by atoms with E-state index < -0.39 is 156 Å². The molecule has 4 heterocycles. The summed E-state index contributed by atoms with van der Waals surface area (Å²) in [5, 5.41) is 56.8. The smallest absolute Gasteiger partial charge is 0.244 e. The maximum absolute atomic E-state index is 15.1. The lowest BCUT2D eigenvalue weighted by molar-refractivity contribution is -0.140. The normalized spacial score (nSPS) is 23.0. The van der Waals surface area contributed by atoms with Crippen LogP contribution in [0.2, 0.25) is 0 Å². The summed E-state index contributed by atoms with van der Waals surface area (Å²) in [5.74, 6) is -14.0. The average Bonchev–Trinajstić information content (AvgIpc) is 1.03. The SMILES string of the molecule is C[C@@H]1NC(=O)[C@H](CC(N)=O)NC(=O)[C@H](C)N2C[C@H](CCCNC(=N)N)NC(=O)[C@@H](CSCC2=O)NC(=O)[C@@H](Cc2ccccc2)NC(=O)[C@H](Cc2c[nH]cn2)NC(=O)C(NC(=O)[C@@H](N)Cc2ccc(O)cc2)CSSC[C@@H](C(=O)N[C@@H](Cc2ccc(O)cc2)C(N)=O)NC(=O)C(Cc2ccccc2)NC1=O. The van der Waals surface area contributed by atoms with Crippen LogP contribution in [0.5, 0.6) is 11.5 Å². The van der Waals surface area contributed by atoms with Crippen LogP contribution in [0.3, 0.4) is 0 Å². The molecule has 12 atom stereocenters. The van der Waals surface area contributed by atoms with Gasteiger partial charge >= 0.3 is 0 Å². The van der Waals surface area contributed by atoms with E-state index in [1.54, 1.807) is 72.8 Å². The number of aromatic hydroxyl groups is 2. The predicted molar refractivity (Wildman–Crippen MR) is 395 cm³/mol. The Morgan fingerprint density at radius 2 is 1.16 bits per heavy atom. The molecule has 23 N–H and O–H groups in total. The summed E-state index contributed by atoms with van der Waals surface area (Å²) in [7, 11) is 1.79. The van der Waals surface area contributed by atoms with Gasteiger partial charge in [0.1, 0.15) is 71.9 Å². The molecule has 0 radical (unpaired) electrons. The number of thioether (sulfide) groups is 1. The predicted octanol–water partition coefficient (Wildman–Crippen LogP) is -3.49. The Kier molecular flexibility index (Phi) is 31.8. The van der Waals surface area contributed by atoms with Crippen molar-refractivity contribution in [3.63, 3.8) is 0 Å². The fourth-order valence-electron chi connectivity index (χ4n) is 11.1. The highest BCUT2D eigenvalue weighted by Crippen LogP contribution is 2.25. The summed E-state index contributed by atoms with van der Waals surface area (Å²) < 4.78 is 0. The number of aromatic nitrogens is 2. The summed E-state index contributed by atoms with van der Waals surface area (Å²) in [6.45, 7) is 2.34. The number of imidazole rings is 1. The summed E-state index contributed by atoms with van der Waals surface area (Å²) in [5.41, 5.74) is 25.8. The molecule has 3 saturated heterocycles. The highest BCUT2D eigenvalue weighted by atomic mass is 33.1. The molecule has 2 bridgehead atoms. The molecule has 568 valence electrons. The van der Waals surface area contributed by atoms with Crippen LogP contribution in [0, 0.1) is 5.41 Å². The van der Waals surface area contributed by atoms with Crippen LogP contribution in [0.25, 0.3) is 0 Å². The second-order valence-corrected chi connectivity index (χ2v) is 28.9.